The van der Waals surface area contributed by atoms with Gasteiger partial charge in [0, 0.05) is 24.6 Å². The van der Waals surface area contributed by atoms with Crippen LogP contribution in [0, 0.1) is 19.7 Å². The number of aromatic nitrogens is 2. The zero-order valence-corrected chi connectivity index (χ0v) is 22.2. The molecule has 8 nitrogen and oxygen atoms in total. The molecule has 2 amide bonds. The molecule has 1 fully saturated rings. The van der Waals surface area contributed by atoms with Crippen LogP contribution >= 0.6 is 11.3 Å². The molecular weight excluding hydrogens is 495 g/mol. The lowest BCUT2D eigenvalue weighted by molar-refractivity contribution is 0.0982. The molecule has 0 radical (unpaired) electrons. The number of carboxylic acid groups (broad SMARTS) is 1. The van der Waals surface area contributed by atoms with E-state index in [0.29, 0.717) is 29.6 Å². The number of carbonyl (C=O) groups excluding carboxylic acids is 1. The maximum atomic E-state index is 14.3. The van der Waals surface area contributed by atoms with Crippen LogP contribution in [-0.4, -0.2) is 57.4 Å². The number of amides is 2. The van der Waals surface area contributed by atoms with Gasteiger partial charge >= 0.3 is 6.09 Å². The van der Waals surface area contributed by atoms with E-state index in [0.717, 1.165) is 35.3 Å². The smallest absolute Gasteiger partial charge is 0.407 e. The number of likely N-dealkylation sites (tertiary alicyclic amines) is 1. The Morgan fingerprint density at radius 1 is 1.22 bits per heavy atom. The van der Waals surface area contributed by atoms with Gasteiger partial charge in [0.1, 0.15) is 22.7 Å². The fraction of sp³-hybridized carbons (Fsp3) is 0.407. The quantitative estimate of drug-likeness (QED) is 0.391. The molecule has 0 spiro atoms. The molecule has 0 aliphatic carbocycles. The second kappa shape index (κ2) is 11.2. The average molecular weight is 527 g/mol. The normalized spacial score (nSPS) is 17.2. The number of rotatable bonds is 8. The minimum Gasteiger partial charge on any atom is -0.488 e. The first-order valence-corrected chi connectivity index (χ1v) is 13.2. The molecule has 2 aromatic carbocycles. The number of carbonyl (C=O) groups is 2. The van der Waals surface area contributed by atoms with Gasteiger partial charge in [-0.25, -0.2) is 9.18 Å². The number of anilines is 1. The van der Waals surface area contributed by atoms with Crippen LogP contribution < -0.4 is 9.64 Å². The van der Waals surface area contributed by atoms with Gasteiger partial charge in [0.15, 0.2) is 0 Å². The topological polar surface area (TPSA) is 95.9 Å². The Bertz CT molecular complexity index is 1270. The van der Waals surface area contributed by atoms with Crippen molar-refractivity contribution in [3.8, 4) is 16.3 Å². The second-order valence-electron chi connectivity index (χ2n) is 9.38. The number of ether oxygens (including phenoxy) is 1. The van der Waals surface area contributed by atoms with E-state index in [2.05, 4.69) is 10.2 Å². The van der Waals surface area contributed by atoms with Gasteiger partial charge in [-0.3, -0.25) is 9.69 Å². The molecule has 1 aliphatic rings. The Morgan fingerprint density at radius 3 is 2.54 bits per heavy atom. The van der Waals surface area contributed by atoms with Gasteiger partial charge in [0.25, 0.3) is 5.91 Å². The van der Waals surface area contributed by atoms with Crippen LogP contribution in [0.5, 0.6) is 5.75 Å². The van der Waals surface area contributed by atoms with Crippen LogP contribution in [-0.2, 0) is 0 Å². The molecule has 1 saturated heterocycles. The van der Waals surface area contributed by atoms with Crippen LogP contribution in [0.2, 0.25) is 0 Å². The summed E-state index contributed by atoms with van der Waals surface area (Å²) in [5.41, 5.74) is 2.65. The first-order chi connectivity index (χ1) is 17.7. The molecule has 0 bridgehead atoms. The molecule has 1 aromatic heterocycles. The van der Waals surface area contributed by atoms with Gasteiger partial charge in [-0.2, -0.15) is 0 Å². The van der Waals surface area contributed by atoms with Gasteiger partial charge in [-0.15, -0.1) is 10.2 Å². The minimum atomic E-state index is -0.934. The molecule has 4 rings (SSSR count). The molecule has 0 saturated carbocycles. The minimum absolute atomic E-state index is 0.00578. The van der Waals surface area contributed by atoms with Crippen molar-refractivity contribution in [2.24, 2.45) is 0 Å². The SMILES string of the molecule is CCCCN(C(=O)c1ccccc1F)c1nnc(-c2cc(C)c(O[C@H]3CC(C)N(C(=O)O)C3)c(C)c2)s1. The van der Waals surface area contributed by atoms with Gasteiger partial charge in [0.2, 0.25) is 5.13 Å². The van der Waals surface area contributed by atoms with E-state index in [4.69, 9.17) is 4.74 Å². The van der Waals surface area contributed by atoms with Crippen molar-refractivity contribution in [1.29, 1.82) is 0 Å². The van der Waals surface area contributed by atoms with E-state index in [-0.39, 0.29) is 17.7 Å². The standard InChI is InChI=1S/C27H31FN4O4S/c1-5-6-11-31(25(33)21-9-7-8-10-22(21)28)26-30-29-24(37-26)19-12-16(2)23(17(3)13-19)36-20-14-18(4)32(15-20)27(34)35/h7-10,12-13,18,20H,5-6,11,14-15H2,1-4H3,(H,34,35)/t18?,20-/m0/s1. The number of benzene rings is 2. The number of aryl methyl sites for hydroxylation is 2. The monoisotopic (exact) mass is 526 g/mol. The highest BCUT2D eigenvalue weighted by Gasteiger charge is 2.34. The molecule has 3 aromatic rings. The summed E-state index contributed by atoms with van der Waals surface area (Å²) in [7, 11) is 0. The summed E-state index contributed by atoms with van der Waals surface area (Å²) in [4.78, 5) is 27.5. The summed E-state index contributed by atoms with van der Waals surface area (Å²) in [6.07, 6.45) is 1.11. The summed E-state index contributed by atoms with van der Waals surface area (Å²) in [6, 6.07) is 9.76. The second-order valence-corrected chi connectivity index (χ2v) is 10.3. The summed E-state index contributed by atoms with van der Waals surface area (Å²) >= 11 is 1.28. The number of hydrogen-bond acceptors (Lipinski definition) is 6. The maximum absolute atomic E-state index is 14.3. The van der Waals surface area contributed by atoms with Crippen molar-refractivity contribution in [2.45, 2.75) is 59.1 Å². The zero-order valence-electron chi connectivity index (χ0n) is 21.4. The van der Waals surface area contributed by atoms with Gasteiger partial charge in [-0.1, -0.05) is 36.8 Å². The number of hydrogen-bond donors (Lipinski definition) is 1. The predicted octanol–water partition coefficient (Wildman–Crippen LogP) is 5.93. The van der Waals surface area contributed by atoms with Crippen LogP contribution in [0.15, 0.2) is 36.4 Å². The number of nitrogens with zero attached hydrogens (tertiary/aromatic N) is 4. The summed E-state index contributed by atoms with van der Waals surface area (Å²) < 4.78 is 20.6. The third-order valence-electron chi connectivity index (χ3n) is 6.50. The number of unbranched alkanes of at least 4 members (excludes halogenated alkanes) is 1. The maximum Gasteiger partial charge on any atom is 0.407 e. The van der Waals surface area contributed by atoms with Gasteiger partial charge in [-0.05, 0) is 62.6 Å². The summed E-state index contributed by atoms with van der Waals surface area (Å²) in [5.74, 6) is -0.271. The van der Waals surface area contributed by atoms with E-state index in [9.17, 15) is 19.1 Å². The lowest BCUT2D eigenvalue weighted by Gasteiger charge is -2.19. The Kier molecular flexibility index (Phi) is 8.06. The Hall–Kier alpha value is -3.53. The molecule has 37 heavy (non-hydrogen) atoms. The lowest BCUT2D eigenvalue weighted by Crippen LogP contribution is -2.33. The van der Waals surface area contributed by atoms with E-state index in [1.54, 1.807) is 12.1 Å². The van der Waals surface area contributed by atoms with E-state index in [1.807, 2.05) is 39.8 Å². The largest absolute Gasteiger partial charge is 0.488 e. The molecule has 1 N–H and O–H groups in total. The fourth-order valence-corrected chi connectivity index (χ4v) is 5.44. The third-order valence-corrected chi connectivity index (χ3v) is 7.50. The predicted molar refractivity (Wildman–Crippen MR) is 141 cm³/mol. The van der Waals surface area contributed by atoms with Crippen molar-refractivity contribution < 1.29 is 23.8 Å². The third kappa shape index (κ3) is 5.74. The average Bonchev–Trinajstić information content (AvgIpc) is 3.49. The van der Waals surface area contributed by atoms with Gasteiger partial charge in [0.05, 0.1) is 12.1 Å². The number of halogens is 1. The highest BCUT2D eigenvalue weighted by Crippen LogP contribution is 2.36. The van der Waals surface area contributed by atoms with E-state index < -0.39 is 17.8 Å². The summed E-state index contributed by atoms with van der Waals surface area (Å²) in [6.45, 7) is 8.54. The zero-order chi connectivity index (χ0) is 26.7. The van der Waals surface area contributed by atoms with E-state index in [1.165, 1.54) is 33.3 Å². The van der Waals surface area contributed by atoms with Crippen molar-refractivity contribution in [3.63, 3.8) is 0 Å². The molecule has 196 valence electrons. The van der Waals surface area contributed by atoms with E-state index >= 15 is 0 Å². The summed E-state index contributed by atoms with van der Waals surface area (Å²) in [5, 5.41) is 19.0. The van der Waals surface area contributed by atoms with Crippen molar-refractivity contribution in [2.75, 3.05) is 18.0 Å². The van der Waals surface area contributed by atoms with Crippen molar-refractivity contribution in [3.05, 3.63) is 58.9 Å². The lowest BCUT2D eigenvalue weighted by atomic mass is 10.1. The van der Waals surface area contributed by atoms with Crippen molar-refractivity contribution in [1.82, 2.24) is 15.1 Å². The molecular formula is C27H31FN4O4S. The first kappa shape index (κ1) is 26.5. The first-order valence-electron chi connectivity index (χ1n) is 12.4. The van der Waals surface area contributed by atoms with Crippen LogP contribution in [0.1, 0.15) is 54.6 Å². The fourth-order valence-electron chi connectivity index (χ4n) is 4.58. The Balaban J connectivity index is 1.57. The van der Waals surface area contributed by atoms with Crippen LogP contribution in [0.25, 0.3) is 10.6 Å². The molecule has 2 heterocycles. The van der Waals surface area contributed by atoms with Crippen LogP contribution in [0.3, 0.4) is 0 Å². The van der Waals surface area contributed by atoms with Crippen molar-refractivity contribution >= 4 is 28.5 Å². The molecule has 2 atom stereocenters. The Labute approximate surface area is 219 Å². The highest BCUT2D eigenvalue weighted by atomic mass is 32.1. The molecule has 10 heteroatoms. The van der Waals surface area contributed by atoms with Crippen LogP contribution in [0.4, 0.5) is 14.3 Å². The highest BCUT2D eigenvalue weighted by molar-refractivity contribution is 7.18. The molecule has 1 aliphatic heterocycles. The van der Waals surface area contributed by atoms with Gasteiger partial charge < -0.3 is 14.7 Å². The Morgan fingerprint density at radius 2 is 1.92 bits per heavy atom. The molecule has 1 unspecified atom stereocenters.